The highest BCUT2D eigenvalue weighted by molar-refractivity contribution is 7.14. The number of hydrogen-bond donors (Lipinski definition) is 0. The third kappa shape index (κ3) is 2.87. The first-order valence-corrected chi connectivity index (χ1v) is 6.44. The van der Waals surface area contributed by atoms with Crippen molar-refractivity contribution in [2.45, 2.75) is 6.92 Å². The molecule has 0 N–H and O–H groups in total. The molecule has 2 rings (SSSR count). The number of benzene rings is 1. The molecule has 0 fully saturated rings. The smallest absolute Gasteiger partial charge is 0.195 e. The van der Waals surface area contributed by atoms with E-state index < -0.39 is 0 Å². The molecule has 1 aromatic carbocycles. The molecule has 2 nitrogen and oxygen atoms in total. The average Bonchev–Trinajstić information content (AvgIpc) is 2.83. The highest BCUT2D eigenvalue weighted by atomic mass is 32.1. The van der Waals surface area contributed by atoms with Gasteiger partial charge in [-0.1, -0.05) is 18.2 Å². The second-order valence-corrected chi connectivity index (χ2v) is 5.14. The van der Waals surface area contributed by atoms with Crippen LogP contribution in [0.3, 0.4) is 0 Å². The fourth-order valence-electron chi connectivity index (χ4n) is 1.62. The van der Waals surface area contributed by atoms with Crippen molar-refractivity contribution < 1.29 is 9.53 Å². The molecule has 18 heavy (non-hydrogen) atoms. The van der Waals surface area contributed by atoms with E-state index in [0.717, 1.165) is 21.1 Å². The molecule has 0 aliphatic carbocycles. The highest BCUT2D eigenvalue weighted by Gasteiger charge is 2.04. The number of ketones is 1. The number of rotatable bonds is 4. The van der Waals surface area contributed by atoms with Crippen LogP contribution in [0, 0.1) is 6.92 Å². The maximum atomic E-state index is 11.9. The van der Waals surface area contributed by atoms with Gasteiger partial charge in [0, 0.05) is 10.4 Å². The number of ether oxygens (including phenoxy) is 1. The number of hydrogen-bond acceptors (Lipinski definition) is 3. The quantitative estimate of drug-likeness (QED) is 0.613. The Balaban J connectivity index is 2.18. The maximum Gasteiger partial charge on any atom is 0.195 e. The van der Waals surface area contributed by atoms with Crippen molar-refractivity contribution in [3.05, 3.63) is 57.8 Å². The van der Waals surface area contributed by atoms with E-state index in [4.69, 9.17) is 4.74 Å². The van der Waals surface area contributed by atoms with Crippen molar-refractivity contribution in [2.75, 3.05) is 7.11 Å². The SMILES string of the molecule is COc1ccccc1/C=C/C(=O)c1ccc(C)s1. The largest absolute Gasteiger partial charge is 0.496 e. The Morgan fingerprint density at radius 1 is 1.22 bits per heavy atom. The van der Waals surface area contributed by atoms with Gasteiger partial charge >= 0.3 is 0 Å². The third-order valence-corrected chi connectivity index (χ3v) is 3.55. The zero-order chi connectivity index (χ0) is 13.0. The van der Waals surface area contributed by atoms with Gasteiger partial charge in [-0.05, 0) is 37.3 Å². The Bertz CT molecular complexity index is 582. The highest BCUT2D eigenvalue weighted by Crippen LogP contribution is 2.20. The number of para-hydroxylation sites is 1. The molecule has 2 aromatic rings. The van der Waals surface area contributed by atoms with Gasteiger partial charge in [-0.25, -0.2) is 0 Å². The first-order chi connectivity index (χ1) is 8.70. The Hall–Kier alpha value is -1.87. The van der Waals surface area contributed by atoms with Crippen LogP contribution in [0.2, 0.25) is 0 Å². The van der Waals surface area contributed by atoms with Crippen molar-refractivity contribution in [2.24, 2.45) is 0 Å². The second kappa shape index (κ2) is 5.65. The number of carbonyl (C=O) groups is 1. The summed E-state index contributed by atoms with van der Waals surface area (Å²) >= 11 is 1.51. The van der Waals surface area contributed by atoms with Crippen LogP contribution >= 0.6 is 11.3 Å². The Morgan fingerprint density at radius 2 is 2.00 bits per heavy atom. The topological polar surface area (TPSA) is 26.3 Å². The van der Waals surface area contributed by atoms with Crippen molar-refractivity contribution in [1.82, 2.24) is 0 Å². The van der Waals surface area contributed by atoms with Crippen LogP contribution in [-0.2, 0) is 0 Å². The lowest BCUT2D eigenvalue weighted by molar-refractivity contribution is 0.105. The fourth-order valence-corrected chi connectivity index (χ4v) is 2.41. The summed E-state index contributed by atoms with van der Waals surface area (Å²) in [5.74, 6) is 0.794. The van der Waals surface area contributed by atoms with Gasteiger partial charge in [-0.3, -0.25) is 4.79 Å². The minimum Gasteiger partial charge on any atom is -0.496 e. The molecule has 0 aliphatic rings. The number of allylic oxidation sites excluding steroid dienone is 1. The lowest BCUT2D eigenvalue weighted by atomic mass is 10.1. The molecule has 0 spiro atoms. The molecule has 0 atom stereocenters. The minimum absolute atomic E-state index is 0.0269. The van der Waals surface area contributed by atoms with Gasteiger partial charge in [-0.15, -0.1) is 11.3 Å². The van der Waals surface area contributed by atoms with Crippen molar-refractivity contribution in [3.63, 3.8) is 0 Å². The van der Waals surface area contributed by atoms with Crippen LogP contribution < -0.4 is 4.74 Å². The van der Waals surface area contributed by atoms with Crippen LogP contribution in [0.4, 0.5) is 0 Å². The predicted octanol–water partition coefficient (Wildman–Crippen LogP) is 3.96. The molecule has 0 bridgehead atoms. The zero-order valence-electron chi connectivity index (χ0n) is 10.3. The molecule has 0 radical (unpaired) electrons. The van der Waals surface area contributed by atoms with E-state index in [0.29, 0.717) is 0 Å². The Kier molecular flexibility index (Phi) is 3.95. The third-order valence-electron chi connectivity index (χ3n) is 2.54. The Morgan fingerprint density at radius 3 is 2.67 bits per heavy atom. The van der Waals surface area contributed by atoms with Gasteiger partial charge in [0.25, 0.3) is 0 Å². The molecule has 92 valence electrons. The number of carbonyl (C=O) groups excluding carboxylic acids is 1. The molecular weight excluding hydrogens is 244 g/mol. The van der Waals surface area contributed by atoms with E-state index in [1.54, 1.807) is 19.3 Å². The van der Waals surface area contributed by atoms with Gasteiger partial charge in [-0.2, -0.15) is 0 Å². The summed E-state index contributed by atoms with van der Waals surface area (Å²) in [7, 11) is 1.62. The summed E-state index contributed by atoms with van der Waals surface area (Å²) in [5.41, 5.74) is 0.904. The van der Waals surface area contributed by atoms with Crippen LogP contribution in [0.5, 0.6) is 5.75 Å². The van der Waals surface area contributed by atoms with Crippen LogP contribution in [0.15, 0.2) is 42.5 Å². The van der Waals surface area contributed by atoms with E-state index in [9.17, 15) is 4.79 Å². The van der Waals surface area contributed by atoms with Crippen molar-refractivity contribution >= 4 is 23.2 Å². The number of methoxy groups -OCH3 is 1. The van der Waals surface area contributed by atoms with Crippen LogP contribution in [-0.4, -0.2) is 12.9 Å². The predicted molar refractivity (Wildman–Crippen MR) is 75.4 cm³/mol. The molecule has 0 amide bonds. The summed E-state index contributed by atoms with van der Waals surface area (Å²) < 4.78 is 5.23. The maximum absolute atomic E-state index is 11.9. The molecular formula is C15H14O2S. The van der Waals surface area contributed by atoms with Gasteiger partial charge < -0.3 is 4.74 Å². The Labute approximate surface area is 111 Å². The molecule has 0 aliphatic heterocycles. The summed E-state index contributed by atoms with van der Waals surface area (Å²) in [5, 5.41) is 0. The van der Waals surface area contributed by atoms with E-state index in [2.05, 4.69) is 0 Å². The molecule has 1 heterocycles. The fraction of sp³-hybridized carbons (Fsp3) is 0.133. The minimum atomic E-state index is 0.0269. The van der Waals surface area contributed by atoms with Crippen molar-refractivity contribution in [1.29, 1.82) is 0 Å². The monoisotopic (exact) mass is 258 g/mol. The summed E-state index contributed by atoms with van der Waals surface area (Å²) in [6, 6.07) is 11.4. The van der Waals surface area contributed by atoms with Crippen LogP contribution in [0.25, 0.3) is 6.08 Å². The molecule has 1 aromatic heterocycles. The van der Waals surface area contributed by atoms with Crippen LogP contribution in [0.1, 0.15) is 20.1 Å². The standard InChI is InChI=1S/C15H14O2S/c1-11-7-10-15(18-11)13(16)9-8-12-5-3-4-6-14(12)17-2/h3-10H,1-2H3/b9-8+. The first kappa shape index (κ1) is 12.6. The summed E-state index contributed by atoms with van der Waals surface area (Å²) in [6.07, 6.45) is 3.37. The van der Waals surface area contributed by atoms with Gasteiger partial charge in [0.2, 0.25) is 0 Å². The first-order valence-electron chi connectivity index (χ1n) is 5.62. The van der Waals surface area contributed by atoms with E-state index in [-0.39, 0.29) is 5.78 Å². The lowest BCUT2D eigenvalue weighted by Crippen LogP contribution is -1.90. The summed E-state index contributed by atoms with van der Waals surface area (Å²) in [6.45, 7) is 1.99. The number of aryl methyl sites for hydroxylation is 1. The van der Waals surface area contributed by atoms with Gasteiger partial charge in [0.05, 0.1) is 12.0 Å². The van der Waals surface area contributed by atoms with E-state index in [1.807, 2.05) is 43.3 Å². The van der Waals surface area contributed by atoms with Gasteiger partial charge in [0.15, 0.2) is 5.78 Å². The van der Waals surface area contributed by atoms with E-state index in [1.165, 1.54) is 11.3 Å². The second-order valence-electron chi connectivity index (χ2n) is 3.85. The number of thiophene rings is 1. The normalized spacial score (nSPS) is 10.8. The van der Waals surface area contributed by atoms with Crippen molar-refractivity contribution in [3.8, 4) is 5.75 Å². The average molecular weight is 258 g/mol. The zero-order valence-corrected chi connectivity index (χ0v) is 11.2. The lowest BCUT2D eigenvalue weighted by Gasteiger charge is -2.02. The molecule has 0 saturated carbocycles. The van der Waals surface area contributed by atoms with Gasteiger partial charge in [0.1, 0.15) is 5.75 Å². The molecule has 3 heteroatoms. The summed E-state index contributed by atoms with van der Waals surface area (Å²) in [4.78, 5) is 13.8. The molecule has 0 unspecified atom stereocenters. The van der Waals surface area contributed by atoms with E-state index >= 15 is 0 Å². The molecule has 0 saturated heterocycles.